The molecule has 0 radical (unpaired) electrons. The largest absolute Gasteiger partial charge is 0.493 e. The molecule has 1 atom stereocenters. The van der Waals surface area contributed by atoms with Crippen LogP contribution in [0.3, 0.4) is 0 Å². The van der Waals surface area contributed by atoms with Gasteiger partial charge in [0.25, 0.3) is 0 Å². The second-order valence-corrected chi connectivity index (χ2v) is 4.28. The minimum absolute atomic E-state index is 0.0223. The average Bonchev–Trinajstić information content (AvgIpc) is 2.97. The van der Waals surface area contributed by atoms with Gasteiger partial charge < -0.3 is 19.0 Å². The molecule has 0 aliphatic heterocycles. The van der Waals surface area contributed by atoms with Crippen LogP contribution in [-0.2, 0) is 6.42 Å². The Bertz CT molecular complexity index is 505. The van der Waals surface area contributed by atoms with E-state index in [9.17, 15) is 5.11 Å². The molecule has 0 aliphatic rings. The molecular weight excluding hydrogens is 244 g/mol. The van der Waals surface area contributed by atoms with E-state index < -0.39 is 0 Å². The molecule has 102 valence electrons. The van der Waals surface area contributed by atoms with E-state index >= 15 is 0 Å². The van der Waals surface area contributed by atoms with E-state index in [0.717, 1.165) is 11.3 Å². The highest BCUT2D eigenvalue weighted by atomic mass is 16.5. The van der Waals surface area contributed by atoms with Crippen molar-refractivity contribution in [2.24, 2.45) is 0 Å². The second kappa shape index (κ2) is 6.29. The van der Waals surface area contributed by atoms with E-state index in [2.05, 4.69) is 0 Å². The number of aliphatic hydroxyl groups is 1. The highest BCUT2D eigenvalue weighted by molar-refractivity contribution is 5.44. The first kappa shape index (κ1) is 13.5. The number of benzene rings is 1. The van der Waals surface area contributed by atoms with Gasteiger partial charge in [0.15, 0.2) is 11.5 Å². The monoisotopic (exact) mass is 262 g/mol. The molecule has 4 heteroatoms. The summed E-state index contributed by atoms with van der Waals surface area (Å²) in [7, 11) is 3.20. The molecule has 0 saturated heterocycles. The van der Waals surface area contributed by atoms with Crippen molar-refractivity contribution >= 4 is 0 Å². The van der Waals surface area contributed by atoms with Crippen molar-refractivity contribution in [2.45, 2.75) is 12.3 Å². The molecule has 0 fully saturated rings. The molecule has 19 heavy (non-hydrogen) atoms. The van der Waals surface area contributed by atoms with Crippen LogP contribution >= 0.6 is 0 Å². The molecule has 1 N–H and O–H groups in total. The van der Waals surface area contributed by atoms with Crippen molar-refractivity contribution in [3.05, 3.63) is 47.9 Å². The van der Waals surface area contributed by atoms with E-state index in [1.54, 1.807) is 20.5 Å². The number of aliphatic hydroxyl groups excluding tert-OH is 1. The highest BCUT2D eigenvalue weighted by Gasteiger charge is 2.15. The van der Waals surface area contributed by atoms with Crippen LogP contribution in [0.4, 0.5) is 0 Å². The molecule has 0 aliphatic carbocycles. The van der Waals surface area contributed by atoms with E-state index in [1.807, 2.05) is 30.3 Å². The van der Waals surface area contributed by atoms with Crippen molar-refractivity contribution in [3.8, 4) is 11.5 Å². The Balaban J connectivity index is 2.23. The van der Waals surface area contributed by atoms with Gasteiger partial charge in [-0.15, -0.1) is 0 Å². The standard InChI is InChI=1S/C15H18O4/c1-17-14-6-5-11(9-15(14)18-2)12(10-16)8-13-4-3-7-19-13/h3-7,9,12,16H,8,10H2,1-2H3. The van der Waals surface area contributed by atoms with Gasteiger partial charge in [-0.3, -0.25) is 0 Å². The fraction of sp³-hybridized carbons (Fsp3) is 0.333. The first-order valence-corrected chi connectivity index (χ1v) is 6.13. The number of hydrogen-bond donors (Lipinski definition) is 1. The van der Waals surface area contributed by atoms with Gasteiger partial charge in [-0.2, -0.15) is 0 Å². The maximum atomic E-state index is 9.55. The molecule has 2 aromatic rings. The topological polar surface area (TPSA) is 51.8 Å². The smallest absolute Gasteiger partial charge is 0.160 e. The zero-order chi connectivity index (χ0) is 13.7. The van der Waals surface area contributed by atoms with Crippen LogP contribution in [0.2, 0.25) is 0 Å². The Morgan fingerprint density at radius 1 is 1.16 bits per heavy atom. The third kappa shape index (κ3) is 3.09. The summed E-state index contributed by atoms with van der Waals surface area (Å²) >= 11 is 0. The van der Waals surface area contributed by atoms with Crippen LogP contribution in [0, 0.1) is 0 Å². The molecule has 1 aromatic heterocycles. The van der Waals surface area contributed by atoms with Crippen LogP contribution < -0.4 is 9.47 Å². The lowest BCUT2D eigenvalue weighted by atomic mass is 9.95. The molecule has 4 nitrogen and oxygen atoms in total. The molecule has 2 rings (SSSR count). The third-order valence-corrected chi connectivity index (χ3v) is 3.13. The first-order chi connectivity index (χ1) is 9.28. The molecule has 1 unspecified atom stereocenters. The molecule has 0 bridgehead atoms. The van der Waals surface area contributed by atoms with E-state index in [1.165, 1.54) is 0 Å². The zero-order valence-electron chi connectivity index (χ0n) is 11.1. The molecular formula is C15H18O4. The van der Waals surface area contributed by atoms with Crippen molar-refractivity contribution in [1.82, 2.24) is 0 Å². The van der Waals surface area contributed by atoms with Gasteiger partial charge >= 0.3 is 0 Å². The Kier molecular flexibility index (Phi) is 4.47. The predicted octanol–water partition coefficient (Wildman–Crippen LogP) is 2.62. The number of ether oxygens (including phenoxy) is 2. The van der Waals surface area contributed by atoms with Gasteiger partial charge in [-0.05, 0) is 29.8 Å². The summed E-state index contributed by atoms with van der Waals surface area (Å²) in [5.74, 6) is 2.18. The van der Waals surface area contributed by atoms with E-state index in [4.69, 9.17) is 13.9 Å². The summed E-state index contributed by atoms with van der Waals surface area (Å²) < 4.78 is 15.8. The van der Waals surface area contributed by atoms with Gasteiger partial charge in [0.1, 0.15) is 5.76 Å². The van der Waals surface area contributed by atoms with Gasteiger partial charge in [-0.1, -0.05) is 6.07 Å². The van der Waals surface area contributed by atoms with Gasteiger partial charge in [-0.25, -0.2) is 0 Å². The summed E-state index contributed by atoms with van der Waals surface area (Å²) in [5, 5.41) is 9.55. The van der Waals surface area contributed by atoms with Gasteiger partial charge in [0.2, 0.25) is 0 Å². The second-order valence-electron chi connectivity index (χ2n) is 4.28. The minimum atomic E-state index is -0.0223. The van der Waals surface area contributed by atoms with Crippen molar-refractivity contribution < 1.29 is 19.0 Å². The van der Waals surface area contributed by atoms with Crippen molar-refractivity contribution in [3.63, 3.8) is 0 Å². The fourth-order valence-corrected chi connectivity index (χ4v) is 2.07. The predicted molar refractivity (Wildman–Crippen MR) is 71.8 cm³/mol. The van der Waals surface area contributed by atoms with Crippen LogP contribution in [-0.4, -0.2) is 25.9 Å². The molecule has 1 heterocycles. The molecule has 0 spiro atoms. The lowest BCUT2D eigenvalue weighted by molar-refractivity contribution is 0.259. The van der Waals surface area contributed by atoms with Crippen LogP contribution in [0.25, 0.3) is 0 Å². The first-order valence-electron chi connectivity index (χ1n) is 6.13. The van der Waals surface area contributed by atoms with E-state index in [0.29, 0.717) is 17.9 Å². The number of hydrogen-bond acceptors (Lipinski definition) is 4. The Labute approximate surface area is 112 Å². The van der Waals surface area contributed by atoms with Crippen LogP contribution in [0.15, 0.2) is 41.0 Å². The van der Waals surface area contributed by atoms with Gasteiger partial charge in [0.05, 0.1) is 27.1 Å². The lowest BCUT2D eigenvalue weighted by Gasteiger charge is -2.16. The summed E-state index contributed by atoms with van der Waals surface area (Å²) in [6.45, 7) is 0.0518. The SMILES string of the molecule is COc1ccc(C(CO)Cc2ccco2)cc1OC. The van der Waals surface area contributed by atoms with Crippen molar-refractivity contribution in [1.29, 1.82) is 0 Å². The molecule has 0 saturated carbocycles. The Morgan fingerprint density at radius 3 is 2.53 bits per heavy atom. The Morgan fingerprint density at radius 2 is 1.95 bits per heavy atom. The number of methoxy groups -OCH3 is 2. The fourth-order valence-electron chi connectivity index (χ4n) is 2.07. The maximum Gasteiger partial charge on any atom is 0.160 e. The van der Waals surface area contributed by atoms with E-state index in [-0.39, 0.29) is 12.5 Å². The van der Waals surface area contributed by atoms with Crippen LogP contribution in [0.5, 0.6) is 11.5 Å². The summed E-state index contributed by atoms with van der Waals surface area (Å²) in [6.07, 6.45) is 2.29. The highest BCUT2D eigenvalue weighted by Crippen LogP contribution is 2.31. The summed E-state index contributed by atoms with van der Waals surface area (Å²) in [5.41, 5.74) is 0.997. The average molecular weight is 262 g/mol. The van der Waals surface area contributed by atoms with Crippen molar-refractivity contribution in [2.75, 3.05) is 20.8 Å². The van der Waals surface area contributed by atoms with Gasteiger partial charge in [0, 0.05) is 12.3 Å². The molecule has 0 amide bonds. The number of furan rings is 1. The zero-order valence-corrected chi connectivity index (χ0v) is 11.1. The lowest BCUT2D eigenvalue weighted by Crippen LogP contribution is -2.07. The quantitative estimate of drug-likeness (QED) is 0.869. The maximum absolute atomic E-state index is 9.55. The molecule has 1 aromatic carbocycles. The third-order valence-electron chi connectivity index (χ3n) is 3.13. The Hall–Kier alpha value is -1.94. The number of rotatable bonds is 6. The summed E-state index contributed by atoms with van der Waals surface area (Å²) in [6, 6.07) is 9.43. The summed E-state index contributed by atoms with van der Waals surface area (Å²) in [4.78, 5) is 0. The van der Waals surface area contributed by atoms with Crippen LogP contribution in [0.1, 0.15) is 17.2 Å². The minimum Gasteiger partial charge on any atom is -0.493 e. The normalized spacial score (nSPS) is 12.2.